The van der Waals surface area contributed by atoms with Crippen LogP contribution >= 0.6 is 15.9 Å². The van der Waals surface area contributed by atoms with Gasteiger partial charge in [-0.25, -0.2) is 4.79 Å². The molecule has 1 aromatic heterocycles. The molecule has 0 saturated carbocycles. The molecule has 0 aliphatic heterocycles. The minimum atomic E-state index is -0.501. The third kappa shape index (κ3) is 4.22. The van der Waals surface area contributed by atoms with E-state index in [-0.39, 0.29) is 16.9 Å². The molecule has 144 valence electrons. The van der Waals surface area contributed by atoms with Crippen LogP contribution < -0.4 is 14.9 Å². The second-order valence-electron chi connectivity index (χ2n) is 6.40. The van der Waals surface area contributed by atoms with Gasteiger partial charge in [-0.2, -0.15) is 0 Å². The summed E-state index contributed by atoms with van der Waals surface area (Å²) >= 11 is 3.32. The summed E-state index contributed by atoms with van der Waals surface area (Å²) in [6.45, 7) is 1.97. The molecule has 0 bridgehead atoms. The summed E-state index contributed by atoms with van der Waals surface area (Å²) in [5.74, 6) is 0.405. The van der Waals surface area contributed by atoms with Gasteiger partial charge in [-0.3, -0.25) is 4.79 Å². The first kappa shape index (κ1) is 19.0. The van der Waals surface area contributed by atoms with Gasteiger partial charge in [0.25, 0.3) is 0 Å². The summed E-state index contributed by atoms with van der Waals surface area (Å²) in [6.07, 6.45) is 1.25. The van der Waals surface area contributed by atoms with Gasteiger partial charge in [-0.1, -0.05) is 33.6 Å². The number of esters is 1. The van der Waals surface area contributed by atoms with Crippen molar-refractivity contribution in [3.05, 3.63) is 98.8 Å². The highest BCUT2D eigenvalue weighted by Crippen LogP contribution is 2.25. The minimum absolute atomic E-state index is 0.0842. The lowest BCUT2D eigenvalue weighted by Gasteiger charge is -2.07. The maximum absolute atomic E-state index is 12.7. The molecule has 3 aromatic carbocycles. The molecule has 0 saturated heterocycles. The van der Waals surface area contributed by atoms with E-state index >= 15 is 0 Å². The van der Waals surface area contributed by atoms with Crippen molar-refractivity contribution in [2.24, 2.45) is 0 Å². The van der Waals surface area contributed by atoms with Crippen molar-refractivity contribution in [2.75, 3.05) is 0 Å². The lowest BCUT2D eigenvalue weighted by Crippen LogP contribution is -2.09. The summed E-state index contributed by atoms with van der Waals surface area (Å²) in [5, 5.41) is 0.332. The van der Waals surface area contributed by atoms with Gasteiger partial charge in [0.2, 0.25) is 11.2 Å². The average Bonchev–Trinajstić information content (AvgIpc) is 2.72. The topological polar surface area (TPSA) is 65.7 Å². The Morgan fingerprint density at radius 2 is 1.62 bits per heavy atom. The van der Waals surface area contributed by atoms with E-state index in [2.05, 4.69) is 15.9 Å². The number of benzene rings is 3. The van der Waals surface area contributed by atoms with Crippen LogP contribution in [0.3, 0.4) is 0 Å². The maximum atomic E-state index is 12.7. The SMILES string of the molecule is Cc1ccc(Oc2coc3cc(OC(=O)c4ccc(Br)cc4)ccc3c2=O)cc1. The van der Waals surface area contributed by atoms with Crippen molar-refractivity contribution in [1.82, 2.24) is 0 Å². The Morgan fingerprint density at radius 1 is 0.931 bits per heavy atom. The predicted molar refractivity (Wildman–Crippen MR) is 113 cm³/mol. The van der Waals surface area contributed by atoms with E-state index in [9.17, 15) is 9.59 Å². The third-order valence-corrected chi connectivity index (χ3v) is 4.78. The zero-order chi connectivity index (χ0) is 20.4. The Kier molecular flexibility index (Phi) is 5.18. The summed E-state index contributed by atoms with van der Waals surface area (Å²) in [5.41, 5.74) is 1.50. The number of carbonyl (C=O) groups is 1. The summed E-state index contributed by atoms with van der Waals surface area (Å²) < 4.78 is 17.4. The molecule has 0 fully saturated rings. The number of fused-ring (bicyclic) bond motifs is 1. The fourth-order valence-electron chi connectivity index (χ4n) is 2.71. The molecule has 0 aliphatic carbocycles. The zero-order valence-corrected chi connectivity index (χ0v) is 16.9. The number of hydrogen-bond acceptors (Lipinski definition) is 5. The van der Waals surface area contributed by atoms with Crippen LogP contribution in [-0.2, 0) is 0 Å². The van der Waals surface area contributed by atoms with Crippen molar-refractivity contribution >= 4 is 32.9 Å². The van der Waals surface area contributed by atoms with Gasteiger partial charge < -0.3 is 13.9 Å². The monoisotopic (exact) mass is 450 g/mol. The Hall–Kier alpha value is -3.38. The quantitative estimate of drug-likeness (QED) is 0.287. The highest BCUT2D eigenvalue weighted by atomic mass is 79.9. The molecule has 0 aliphatic rings. The average molecular weight is 451 g/mol. The van der Waals surface area contributed by atoms with E-state index < -0.39 is 5.97 Å². The number of aryl methyl sites for hydroxylation is 1. The first-order valence-electron chi connectivity index (χ1n) is 8.77. The van der Waals surface area contributed by atoms with Crippen molar-refractivity contribution in [1.29, 1.82) is 0 Å². The molecule has 4 aromatic rings. The lowest BCUT2D eigenvalue weighted by atomic mass is 10.2. The summed E-state index contributed by atoms with van der Waals surface area (Å²) in [4.78, 5) is 24.9. The van der Waals surface area contributed by atoms with Crippen LogP contribution in [0, 0.1) is 6.92 Å². The van der Waals surface area contributed by atoms with Gasteiger partial charge in [-0.15, -0.1) is 0 Å². The molecule has 29 heavy (non-hydrogen) atoms. The van der Waals surface area contributed by atoms with Crippen molar-refractivity contribution in [2.45, 2.75) is 6.92 Å². The third-order valence-electron chi connectivity index (χ3n) is 4.25. The molecule has 0 unspecified atom stereocenters. The Bertz CT molecular complexity index is 1240. The minimum Gasteiger partial charge on any atom is -0.460 e. The molecule has 4 rings (SSSR count). The van der Waals surface area contributed by atoms with Crippen molar-refractivity contribution < 1.29 is 18.7 Å². The van der Waals surface area contributed by atoms with Crippen molar-refractivity contribution in [3.63, 3.8) is 0 Å². The molecule has 6 heteroatoms. The first-order chi connectivity index (χ1) is 14.0. The summed E-state index contributed by atoms with van der Waals surface area (Å²) in [7, 11) is 0. The maximum Gasteiger partial charge on any atom is 0.343 e. The fourth-order valence-corrected chi connectivity index (χ4v) is 2.97. The summed E-state index contributed by atoms with van der Waals surface area (Å²) in [6, 6.07) is 18.8. The number of hydrogen-bond donors (Lipinski definition) is 0. The molecule has 0 N–H and O–H groups in total. The number of ether oxygens (including phenoxy) is 2. The van der Waals surface area contributed by atoms with Crippen LogP contribution in [0.25, 0.3) is 11.0 Å². The highest BCUT2D eigenvalue weighted by Gasteiger charge is 2.13. The van der Waals surface area contributed by atoms with Crippen molar-refractivity contribution in [3.8, 4) is 17.2 Å². The van der Waals surface area contributed by atoms with Gasteiger partial charge in [-0.05, 0) is 55.5 Å². The number of rotatable bonds is 4. The second kappa shape index (κ2) is 7.93. The number of carbonyl (C=O) groups excluding carboxylic acids is 1. The largest absolute Gasteiger partial charge is 0.460 e. The molecular weight excluding hydrogens is 436 g/mol. The van der Waals surface area contributed by atoms with Crippen LogP contribution in [0.2, 0.25) is 0 Å². The van der Waals surface area contributed by atoms with E-state index in [0.717, 1.165) is 10.0 Å². The smallest absolute Gasteiger partial charge is 0.343 e. The van der Waals surface area contributed by atoms with E-state index in [1.54, 1.807) is 48.5 Å². The molecule has 1 heterocycles. The van der Waals surface area contributed by atoms with Gasteiger partial charge in [0.15, 0.2) is 0 Å². The standard InChI is InChI=1S/C23H15BrO5/c1-14-2-8-17(9-3-14)28-21-13-27-20-12-18(10-11-19(20)22(21)25)29-23(26)15-4-6-16(24)7-5-15/h2-13H,1H3. The van der Waals surface area contributed by atoms with Crippen LogP contribution in [0.5, 0.6) is 17.2 Å². The second-order valence-corrected chi connectivity index (χ2v) is 7.31. The first-order valence-corrected chi connectivity index (χ1v) is 9.57. The van der Waals surface area contributed by atoms with E-state index in [1.807, 2.05) is 19.1 Å². The van der Waals surface area contributed by atoms with Gasteiger partial charge >= 0.3 is 5.97 Å². The van der Waals surface area contributed by atoms with E-state index in [4.69, 9.17) is 13.9 Å². The van der Waals surface area contributed by atoms with E-state index in [1.165, 1.54) is 12.3 Å². The Labute approximate surface area is 174 Å². The van der Waals surface area contributed by atoms with Gasteiger partial charge in [0.05, 0.1) is 10.9 Å². The lowest BCUT2D eigenvalue weighted by molar-refractivity contribution is 0.0735. The van der Waals surface area contributed by atoms with Gasteiger partial charge in [0.1, 0.15) is 23.3 Å². The predicted octanol–water partition coefficient (Wildman–Crippen LogP) is 5.88. The normalized spacial score (nSPS) is 10.7. The molecule has 0 spiro atoms. The molecule has 0 amide bonds. The van der Waals surface area contributed by atoms with E-state index in [0.29, 0.717) is 22.3 Å². The van der Waals surface area contributed by atoms with Crippen LogP contribution in [-0.4, -0.2) is 5.97 Å². The van der Waals surface area contributed by atoms with Crippen LogP contribution in [0.15, 0.2) is 86.7 Å². The molecular formula is C23H15BrO5. The zero-order valence-electron chi connectivity index (χ0n) is 15.3. The van der Waals surface area contributed by atoms with Gasteiger partial charge in [0, 0.05) is 10.5 Å². The molecule has 0 radical (unpaired) electrons. The Balaban J connectivity index is 1.58. The fraction of sp³-hybridized carbons (Fsp3) is 0.0435. The molecule has 5 nitrogen and oxygen atoms in total. The number of halogens is 1. The van der Waals surface area contributed by atoms with Crippen LogP contribution in [0.1, 0.15) is 15.9 Å². The van der Waals surface area contributed by atoms with Crippen LogP contribution in [0.4, 0.5) is 0 Å². The molecule has 0 atom stereocenters. The Morgan fingerprint density at radius 3 is 2.34 bits per heavy atom. The highest BCUT2D eigenvalue weighted by molar-refractivity contribution is 9.10.